The van der Waals surface area contributed by atoms with Crippen LogP contribution in [0.25, 0.3) is 0 Å². The summed E-state index contributed by atoms with van der Waals surface area (Å²) < 4.78 is 0. The van der Waals surface area contributed by atoms with E-state index in [2.05, 4.69) is 5.32 Å². The first-order valence-electron chi connectivity index (χ1n) is 3.17. The highest BCUT2D eigenvalue weighted by molar-refractivity contribution is 6.18. The molecule has 0 spiro atoms. The van der Waals surface area contributed by atoms with E-state index in [4.69, 9.17) is 16.7 Å². The van der Waals surface area contributed by atoms with Gasteiger partial charge in [0, 0.05) is 18.8 Å². The number of aliphatic hydroxyl groups is 1. The molecule has 60 valence electrons. The molecule has 0 saturated carbocycles. The van der Waals surface area contributed by atoms with Gasteiger partial charge in [-0.3, -0.25) is 4.79 Å². The van der Waals surface area contributed by atoms with Crippen molar-refractivity contribution in [3.8, 4) is 0 Å². The topological polar surface area (TPSA) is 49.3 Å². The summed E-state index contributed by atoms with van der Waals surface area (Å²) in [6.07, 6.45) is -0.173. The molecule has 0 aliphatic rings. The second kappa shape index (κ2) is 5.50. The molecule has 0 aromatic heterocycles. The molecule has 1 atom stereocenters. The van der Waals surface area contributed by atoms with E-state index in [-0.39, 0.29) is 5.91 Å². The maximum Gasteiger partial charge on any atom is 0.221 e. The van der Waals surface area contributed by atoms with E-state index in [0.29, 0.717) is 18.8 Å². The molecular formula is C6H12ClNO2. The van der Waals surface area contributed by atoms with Crippen LogP contribution in [0.2, 0.25) is 0 Å². The van der Waals surface area contributed by atoms with E-state index < -0.39 is 6.10 Å². The van der Waals surface area contributed by atoms with Crippen LogP contribution >= 0.6 is 11.6 Å². The van der Waals surface area contributed by atoms with Gasteiger partial charge in [-0.25, -0.2) is 0 Å². The van der Waals surface area contributed by atoms with E-state index in [1.54, 1.807) is 6.92 Å². The summed E-state index contributed by atoms with van der Waals surface area (Å²) >= 11 is 5.29. The summed E-state index contributed by atoms with van der Waals surface area (Å²) in [5.74, 6) is 0.210. The number of nitrogens with one attached hydrogen (secondary N) is 1. The molecular weight excluding hydrogens is 154 g/mol. The van der Waals surface area contributed by atoms with Gasteiger partial charge in [-0.2, -0.15) is 0 Å². The Bertz CT molecular complexity index is 106. The van der Waals surface area contributed by atoms with Crippen molar-refractivity contribution in [1.29, 1.82) is 0 Å². The van der Waals surface area contributed by atoms with Crippen LogP contribution in [0, 0.1) is 0 Å². The highest BCUT2D eigenvalue weighted by Crippen LogP contribution is 1.84. The maximum atomic E-state index is 10.6. The predicted molar refractivity (Wildman–Crippen MR) is 40.0 cm³/mol. The van der Waals surface area contributed by atoms with Crippen LogP contribution in [-0.4, -0.2) is 29.5 Å². The van der Waals surface area contributed by atoms with Gasteiger partial charge in [0.2, 0.25) is 5.91 Å². The Morgan fingerprint density at radius 1 is 1.80 bits per heavy atom. The van der Waals surface area contributed by atoms with Crippen LogP contribution in [0.3, 0.4) is 0 Å². The second-order valence-corrected chi connectivity index (χ2v) is 2.47. The summed E-state index contributed by atoms with van der Waals surface area (Å²) in [5, 5.41) is 11.2. The molecule has 0 aliphatic carbocycles. The first-order valence-corrected chi connectivity index (χ1v) is 3.71. The minimum Gasteiger partial charge on any atom is -0.392 e. The Hall–Kier alpha value is -0.280. The normalized spacial score (nSPS) is 12.7. The molecule has 3 nitrogen and oxygen atoms in total. The van der Waals surface area contributed by atoms with Crippen molar-refractivity contribution >= 4 is 17.5 Å². The number of amides is 1. The lowest BCUT2D eigenvalue weighted by Crippen LogP contribution is -2.30. The molecule has 1 amide bonds. The molecule has 0 bridgehead atoms. The van der Waals surface area contributed by atoms with E-state index in [0.717, 1.165) is 0 Å². The molecule has 0 rings (SSSR count). The molecule has 0 unspecified atom stereocenters. The fraction of sp³-hybridized carbons (Fsp3) is 0.833. The monoisotopic (exact) mass is 165 g/mol. The van der Waals surface area contributed by atoms with Crippen LogP contribution in [0.4, 0.5) is 0 Å². The van der Waals surface area contributed by atoms with Crippen molar-refractivity contribution in [2.75, 3.05) is 12.4 Å². The Balaban J connectivity index is 3.22. The molecule has 0 aromatic rings. The van der Waals surface area contributed by atoms with Crippen molar-refractivity contribution in [2.24, 2.45) is 0 Å². The summed E-state index contributed by atoms with van der Waals surface area (Å²) in [7, 11) is 0. The minimum atomic E-state index is -0.487. The molecule has 0 fully saturated rings. The minimum absolute atomic E-state index is 0.115. The van der Waals surface area contributed by atoms with Gasteiger partial charge in [0.1, 0.15) is 0 Å². The van der Waals surface area contributed by atoms with Crippen LogP contribution in [0.1, 0.15) is 13.3 Å². The number of alkyl halides is 1. The largest absolute Gasteiger partial charge is 0.392 e. The Morgan fingerprint density at radius 3 is 2.80 bits per heavy atom. The standard InChI is InChI=1S/C6H12ClNO2/c1-5(9)4-8-6(10)2-3-7/h5,9H,2-4H2,1H3,(H,8,10)/t5-/m0/s1. The Labute approximate surface area is 65.4 Å². The number of carbonyl (C=O) groups is 1. The van der Waals surface area contributed by atoms with E-state index in [1.807, 2.05) is 0 Å². The van der Waals surface area contributed by atoms with Gasteiger partial charge in [0.05, 0.1) is 6.10 Å². The average Bonchev–Trinajstić information content (AvgIpc) is 1.85. The number of hydrogen-bond acceptors (Lipinski definition) is 2. The van der Waals surface area contributed by atoms with Gasteiger partial charge in [0.15, 0.2) is 0 Å². The summed E-state index contributed by atoms with van der Waals surface area (Å²) in [6, 6.07) is 0. The highest BCUT2D eigenvalue weighted by atomic mass is 35.5. The smallest absolute Gasteiger partial charge is 0.221 e. The molecule has 0 saturated heterocycles. The first-order chi connectivity index (χ1) is 4.66. The molecule has 0 aliphatic heterocycles. The zero-order valence-corrected chi connectivity index (χ0v) is 6.69. The second-order valence-electron chi connectivity index (χ2n) is 2.09. The summed E-state index contributed by atoms with van der Waals surface area (Å²) in [5.41, 5.74) is 0. The molecule has 0 radical (unpaired) electrons. The average molecular weight is 166 g/mol. The number of aliphatic hydroxyl groups excluding tert-OH is 1. The zero-order chi connectivity index (χ0) is 7.98. The SMILES string of the molecule is C[C@H](O)CNC(=O)CCCl. The van der Waals surface area contributed by atoms with Crippen LogP contribution in [0.5, 0.6) is 0 Å². The lowest BCUT2D eigenvalue weighted by molar-refractivity contribution is -0.121. The molecule has 0 heterocycles. The Kier molecular flexibility index (Phi) is 5.35. The maximum absolute atomic E-state index is 10.6. The molecule has 4 heteroatoms. The summed E-state index contributed by atoms with van der Waals surface area (Å²) in [4.78, 5) is 10.6. The number of rotatable bonds is 4. The van der Waals surface area contributed by atoms with Crippen molar-refractivity contribution in [2.45, 2.75) is 19.4 Å². The van der Waals surface area contributed by atoms with Crippen LogP contribution in [-0.2, 0) is 4.79 Å². The zero-order valence-electron chi connectivity index (χ0n) is 5.93. The van der Waals surface area contributed by atoms with Gasteiger partial charge < -0.3 is 10.4 Å². The first kappa shape index (κ1) is 9.72. The van der Waals surface area contributed by atoms with Gasteiger partial charge in [-0.1, -0.05) is 0 Å². The fourth-order valence-electron chi connectivity index (χ4n) is 0.436. The van der Waals surface area contributed by atoms with Gasteiger partial charge in [-0.05, 0) is 6.92 Å². The van der Waals surface area contributed by atoms with E-state index in [9.17, 15) is 4.79 Å². The lowest BCUT2D eigenvalue weighted by Gasteiger charge is -2.04. The van der Waals surface area contributed by atoms with Gasteiger partial charge in [0.25, 0.3) is 0 Å². The van der Waals surface area contributed by atoms with Crippen molar-refractivity contribution in [3.05, 3.63) is 0 Å². The summed E-state index contributed by atoms with van der Waals surface area (Å²) in [6.45, 7) is 1.91. The predicted octanol–water partition coefficient (Wildman–Crippen LogP) is 0.112. The van der Waals surface area contributed by atoms with Crippen LogP contribution in [0.15, 0.2) is 0 Å². The van der Waals surface area contributed by atoms with E-state index in [1.165, 1.54) is 0 Å². The number of halogens is 1. The third-order valence-electron chi connectivity index (χ3n) is 0.916. The third kappa shape index (κ3) is 5.85. The lowest BCUT2D eigenvalue weighted by atomic mass is 10.4. The molecule has 10 heavy (non-hydrogen) atoms. The van der Waals surface area contributed by atoms with Gasteiger partial charge in [-0.15, -0.1) is 11.6 Å². The fourth-order valence-corrected chi connectivity index (χ4v) is 0.607. The molecule has 2 N–H and O–H groups in total. The quantitative estimate of drug-likeness (QED) is 0.581. The van der Waals surface area contributed by atoms with Crippen molar-refractivity contribution < 1.29 is 9.90 Å². The number of hydrogen-bond donors (Lipinski definition) is 2. The number of carbonyl (C=O) groups excluding carboxylic acids is 1. The van der Waals surface area contributed by atoms with Crippen molar-refractivity contribution in [3.63, 3.8) is 0 Å². The van der Waals surface area contributed by atoms with Crippen LogP contribution < -0.4 is 5.32 Å². The highest BCUT2D eigenvalue weighted by Gasteiger charge is 2.00. The van der Waals surface area contributed by atoms with E-state index >= 15 is 0 Å². The van der Waals surface area contributed by atoms with Crippen molar-refractivity contribution in [1.82, 2.24) is 5.32 Å². The molecule has 0 aromatic carbocycles. The Morgan fingerprint density at radius 2 is 2.40 bits per heavy atom. The van der Waals surface area contributed by atoms with Gasteiger partial charge >= 0.3 is 0 Å². The third-order valence-corrected chi connectivity index (χ3v) is 1.11.